The van der Waals surface area contributed by atoms with Crippen LogP contribution in [-0.2, 0) is 11.3 Å². The van der Waals surface area contributed by atoms with Gasteiger partial charge in [-0.2, -0.15) is 0 Å². The van der Waals surface area contributed by atoms with Crippen LogP contribution in [0.4, 0.5) is 0 Å². The van der Waals surface area contributed by atoms with E-state index in [2.05, 4.69) is 29.6 Å². The van der Waals surface area contributed by atoms with Gasteiger partial charge >= 0.3 is 0 Å². The number of carbonyl (C=O) groups is 1. The van der Waals surface area contributed by atoms with E-state index in [1.165, 1.54) is 10.8 Å². The Morgan fingerprint density at radius 2 is 2.05 bits per heavy atom. The number of likely N-dealkylation sites (N-methyl/N-ethyl adjacent to an activating group) is 1. The van der Waals surface area contributed by atoms with Gasteiger partial charge in [0.25, 0.3) is 0 Å². The Morgan fingerprint density at radius 1 is 1.29 bits per heavy atom. The van der Waals surface area contributed by atoms with Gasteiger partial charge in [-0.1, -0.05) is 42.5 Å². The van der Waals surface area contributed by atoms with Gasteiger partial charge in [0.2, 0.25) is 5.91 Å². The Hall–Kier alpha value is -1.91. The summed E-state index contributed by atoms with van der Waals surface area (Å²) in [5, 5.41) is 15.0. The maximum Gasteiger partial charge on any atom is 0.239 e. The molecule has 0 aliphatic carbocycles. The molecule has 3 rings (SSSR count). The van der Waals surface area contributed by atoms with Crippen molar-refractivity contribution in [3.8, 4) is 0 Å². The molecule has 1 heterocycles. The number of aliphatic hydroxyl groups is 1. The van der Waals surface area contributed by atoms with E-state index in [9.17, 15) is 9.90 Å². The lowest BCUT2D eigenvalue weighted by atomic mass is 10.0. The lowest BCUT2D eigenvalue weighted by Gasteiger charge is -2.22. The smallest absolute Gasteiger partial charge is 0.239 e. The molecule has 1 amide bonds. The van der Waals surface area contributed by atoms with Gasteiger partial charge in [0.05, 0.1) is 12.1 Å². The zero-order valence-electron chi connectivity index (χ0n) is 12.1. The van der Waals surface area contributed by atoms with E-state index >= 15 is 0 Å². The Morgan fingerprint density at radius 3 is 2.81 bits per heavy atom. The Balaban J connectivity index is 1.77. The Labute approximate surface area is 124 Å². The zero-order chi connectivity index (χ0) is 14.8. The number of aliphatic hydroxyl groups excluding tert-OH is 1. The van der Waals surface area contributed by atoms with Crippen molar-refractivity contribution < 1.29 is 9.90 Å². The number of rotatable bonds is 3. The number of nitrogens with one attached hydrogen (secondary N) is 1. The van der Waals surface area contributed by atoms with E-state index in [0.29, 0.717) is 19.5 Å². The van der Waals surface area contributed by atoms with Gasteiger partial charge in [0, 0.05) is 20.1 Å². The average Bonchev–Trinajstić information content (AvgIpc) is 2.93. The summed E-state index contributed by atoms with van der Waals surface area (Å²) in [5.41, 5.74) is 1.14. The fourth-order valence-electron chi connectivity index (χ4n) is 2.93. The number of nitrogens with zero attached hydrogens (tertiary/aromatic N) is 1. The van der Waals surface area contributed by atoms with Crippen LogP contribution in [0.2, 0.25) is 0 Å². The van der Waals surface area contributed by atoms with Crippen LogP contribution in [0.5, 0.6) is 0 Å². The number of fused-ring (bicyclic) bond motifs is 1. The van der Waals surface area contributed by atoms with Crippen molar-refractivity contribution in [2.24, 2.45) is 0 Å². The highest BCUT2D eigenvalue weighted by Crippen LogP contribution is 2.20. The van der Waals surface area contributed by atoms with Crippen LogP contribution in [0.3, 0.4) is 0 Å². The second kappa shape index (κ2) is 5.84. The number of hydrogen-bond acceptors (Lipinski definition) is 3. The molecule has 0 radical (unpaired) electrons. The normalized spacial score (nSPS) is 21.6. The van der Waals surface area contributed by atoms with E-state index in [0.717, 1.165) is 5.56 Å². The lowest BCUT2D eigenvalue weighted by Crippen LogP contribution is -2.41. The number of hydrogen-bond donors (Lipinski definition) is 2. The number of carbonyl (C=O) groups excluding carboxylic acids is 1. The quantitative estimate of drug-likeness (QED) is 0.898. The summed E-state index contributed by atoms with van der Waals surface area (Å²) >= 11 is 0. The molecule has 1 saturated heterocycles. The van der Waals surface area contributed by atoms with Crippen molar-refractivity contribution in [3.05, 3.63) is 48.0 Å². The third-order valence-electron chi connectivity index (χ3n) is 4.07. The molecule has 1 fully saturated rings. The van der Waals surface area contributed by atoms with Gasteiger partial charge < -0.3 is 15.3 Å². The number of β-amino-alcohol motifs (C(OH)–C–C–N with tert-alkyl or cyclic N) is 1. The summed E-state index contributed by atoms with van der Waals surface area (Å²) in [4.78, 5) is 14.1. The maximum atomic E-state index is 12.4. The minimum Gasteiger partial charge on any atom is -0.392 e. The topological polar surface area (TPSA) is 52.6 Å². The molecule has 4 nitrogen and oxygen atoms in total. The summed E-state index contributed by atoms with van der Waals surface area (Å²) < 4.78 is 0. The molecular formula is C17H20N2O2. The molecule has 0 spiro atoms. The van der Waals surface area contributed by atoms with Crippen molar-refractivity contribution in [1.29, 1.82) is 0 Å². The summed E-state index contributed by atoms with van der Waals surface area (Å²) in [7, 11) is 1.82. The first-order valence-electron chi connectivity index (χ1n) is 7.28. The average molecular weight is 284 g/mol. The number of benzene rings is 2. The molecule has 0 bridgehead atoms. The molecular weight excluding hydrogens is 264 g/mol. The molecule has 21 heavy (non-hydrogen) atoms. The first-order chi connectivity index (χ1) is 10.1. The molecule has 2 atom stereocenters. The Bertz CT molecular complexity index is 651. The third kappa shape index (κ3) is 2.91. The molecule has 0 aromatic heterocycles. The molecule has 110 valence electrons. The van der Waals surface area contributed by atoms with Crippen LogP contribution in [0.15, 0.2) is 42.5 Å². The van der Waals surface area contributed by atoms with Crippen molar-refractivity contribution in [3.63, 3.8) is 0 Å². The monoisotopic (exact) mass is 284 g/mol. The minimum atomic E-state index is -0.412. The number of amides is 1. The third-order valence-corrected chi connectivity index (χ3v) is 4.07. The SMILES string of the molecule is CN(Cc1cccc2ccccc12)C(=O)[C@@H]1CC(O)CN1. The predicted octanol–water partition coefficient (Wildman–Crippen LogP) is 1.52. The first kappa shape index (κ1) is 14.0. The second-order valence-electron chi connectivity index (χ2n) is 5.68. The predicted molar refractivity (Wildman–Crippen MR) is 82.8 cm³/mol. The fourth-order valence-corrected chi connectivity index (χ4v) is 2.93. The van der Waals surface area contributed by atoms with E-state index < -0.39 is 6.10 Å². The molecule has 0 saturated carbocycles. The largest absolute Gasteiger partial charge is 0.392 e. The van der Waals surface area contributed by atoms with Crippen LogP contribution >= 0.6 is 0 Å². The van der Waals surface area contributed by atoms with Crippen LogP contribution < -0.4 is 5.32 Å². The van der Waals surface area contributed by atoms with Gasteiger partial charge in [0.15, 0.2) is 0 Å². The molecule has 1 aliphatic rings. The summed E-state index contributed by atoms with van der Waals surface area (Å²) in [5.74, 6) is 0.0412. The first-order valence-corrected chi connectivity index (χ1v) is 7.28. The van der Waals surface area contributed by atoms with Crippen LogP contribution in [0.25, 0.3) is 10.8 Å². The lowest BCUT2D eigenvalue weighted by molar-refractivity contribution is -0.132. The van der Waals surface area contributed by atoms with Crippen LogP contribution in [-0.4, -0.2) is 41.7 Å². The van der Waals surface area contributed by atoms with E-state index in [-0.39, 0.29) is 11.9 Å². The van der Waals surface area contributed by atoms with Crippen molar-refractivity contribution in [1.82, 2.24) is 10.2 Å². The van der Waals surface area contributed by atoms with E-state index in [4.69, 9.17) is 0 Å². The Kier molecular flexibility index (Phi) is 3.90. The molecule has 1 unspecified atom stereocenters. The van der Waals surface area contributed by atoms with Crippen LogP contribution in [0.1, 0.15) is 12.0 Å². The minimum absolute atomic E-state index is 0.0412. The van der Waals surface area contributed by atoms with Gasteiger partial charge in [0.1, 0.15) is 0 Å². The highest BCUT2D eigenvalue weighted by molar-refractivity contribution is 5.87. The van der Waals surface area contributed by atoms with E-state index in [1.807, 2.05) is 25.2 Å². The van der Waals surface area contributed by atoms with Crippen molar-refractivity contribution >= 4 is 16.7 Å². The maximum absolute atomic E-state index is 12.4. The van der Waals surface area contributed by atoms with Crippen molar-refractivity contribution in [2.45, 2.75) is 25.1 Å². The molecule has 2 N–H and O–H groups in total. The highest BCUT2D eigenvalue weighted by atomic mass is 16.3. The van der Waals surface area contributed by atoms with Gasteiger partial charge in [-0.15, -0.1) is 0 Å². The zero-order valence-corrected chi connectivity index (χ0v) is 12.1. The van der Waals surface area contributed by atoms with Gasteiger partial charge in [-0.3, -0.25) is 4.79 Å². The van der Waals surface area contributed by atoms with Crippen molar-refractivity contribution in [2.75, 3.05) is 13.6 Å². The highest BCUT2D eigenvalue weighted by Gasteiger charge is 2.30. The second-order valence-corrected chi connectivity index (χ2v) is 5.68. The fraction of sp³-hybridized carbons (Fsp3) is 0.353. The summed E-state index contributed by atoms with van der Waals surface area (Å²) in [6, 6.07) is 14.1. The standard InChI is InChI=1S/C17H20N2O2/c1-19(17(21)16-9-14(20)10-18-16)11-13-7-4-6-12-5-2-3-8-15(12)13/h2-8,14,16,18,20H,9-11H2,1H3/t14?,16-/m0/s1. The van der Waals surface area contributed by atoms with Crippen LogP contribution in [0, 0.1) is 0 Å². The van der Waals surface area contributed by atoms with Gasteiger partial charge in [-0.05, 0) is 22.8 Å². The summed E-state index contributed by atoms with van der Waals surface area (Å²) in [6.07, 6.45) is 0.0866. The molecule has 2 aromatic rings. The molecule has 2 aromatic carbocycles. The molecule has 1 aliphatic heterocycles. The van der Waals surface area contributed by atoms with E-state index in [1.54, 1.807) is 4.90 Å². The molecule has 4 heteroatoms. The summed E-state index contributed by atoms with van der Waals surface area (Å²) in [6.45, 7) is 1.08. The van der Waals surface area contributed by atoms with Gasteiger partial charge in [-0.25, -0.2) is 0 Å².